The Hall–Kier alpha value is -0.870. The molecule has 1 aliphatic rings. The maximum Gasteiger partial charge on any atom is 0.0537 e. The van der Waals surface area contributed by atoms with E-state index in [1.165, 1.54) is 30.6 Å². The van der Waals surface area contributed by atoms with Gasteiger partial charge in [-0.15, -0.1) is 0 Å². The zero-order valence-electron chi connectivity index (χ0n) is 11.4. The molecule has 0 saturated carbocycles. The van der Waals surface area contributed by atoms with Gasteiger partial charge in [0, 0.05) is 36.9 Å². The zero-order valence-corrected chi connectivity index (χ0v) is 11.4. The highest BCUT2D eigenvalue weighted by atomic mass is 15.3. The molecule has 0 bridgehead atoms. The van der Waals surface area contributed by atoms with E-state index in [0.29, 0.717) is 12.1 Å². The second kappa shape index (κ2) is 5.19. The molecule has 0 amide bonds. The molecule has 1 N–H and O–H groups in total. The molecule has 4 nitrogen and oxygen atoms in total. The molecule has 0 radical (unpaired) electrons. The van der Waals surface area contributed by atoms with Crippen LogP contribution in [0.25, 0.3) is 0 Å². The summed E-state index contributed by atoms with van der Waals surface area (Å²) in [6.45, 7) is 6.58. The van der Waals surface area contributed by atoms with Gasteiger partial charge in [0.2, 0.25) is 0 Å². The summed E-state index contributed by atoms with van der Waals surface area (Å²) >= 11 is 0. The van der Waals surface area contributed by atoms with Gasteiger partial charge in [0.1, 0.15) is 0 Å². The Morgan fingerprint density at radius 2 is 2.24 bits per heavy atom. The fourth-order valence-corrected chi connectivity index (χ4v) is 2.45. The van der Waals surface area contributed by atoms with E-state index in [1.807, 2.05) is 17.9 Å². The first-order chi connectivity index (χ1) is 8.08. The van der Waals surface area contributed by atoms with Crippen LogP contribution < -0.4 is 5.32 Å². The van der Waals surface area contributed by atoms with Crippen molar-refractivity contribution in [3.8, 4) is 0 Å². The number of aryl methyl sites for hydroxylation is 1. The minimum atomic E-state index is 0.654. The average Bonchev–Trinajstić information content (AvgIpc) is 2.62. The van der Waals surface area contributed by atoms with Crippen LogP contribution >= 0.6 is 0 Å². The largest absolute Gasteiger partial charge is 0.310 e. The van der Waals surface area contributed by atoms with Crippen molar-refractivity contribution in [3.05, 3.63) is 17.5 Å². The molecule has 0 spiro atoms. The Morgan fingerprint density at radius 1 is 1.47 bits per heavy atom. The normalized spacial score (nSPS) is 26.4. The predicted molar refractivity (Wildman–Crippen MR) is 69.9 cm³/mol. The van der Waals surface area contributed by atoms with Gasteiger partial charge in [-0.05, 0) is 40.3 Å². The third kappa shape index (κ3) is 2.87. The molecule has 2 heterocycles. The first kappa shape index (κ1) is 12.6. The second-order valence-corrected chi connectivity index (χ2v) is 5.31. The Balaban J connectivity index is 1.85. The number of rotatable bonds is 3. The molecule has 4 heteroatoms. The summed E-state index contributed by atoms with van der Waals surface area (Å²) in [6, 6.07) is 1.34. The van der Waals surface area contributed by atoms with Crippen LogP contribution in [-0.2, 0) is 13.6 Å². The zero-order chi connectivity index (χ0) is 12.4. The van der Waals surface area contributed by atoms with Crippen LogP contribution in [0.2, 0.25) is 0 Å². The van der Waals surface area contributed by atoms with Crippen molar-refractivity contribution in [3.63, 3.8) is 0 Å². The van der Waals surface area contributed by atoms with Gasteiger partial charge < -0.3 is 10.2 Å². The number of nitrogens with one attached hydrogen (secondary N) is 1. The van der Waals surface area contributed by atoms with E-state index in [1.54, 1.807) is 0 Å². The van der Waals surface area contributed by atoms with Gasteiger partial charge in [0.25, 0.3) is 0 Å². The monoisotopic (exact) mass is 236 g/mol. The molecule has 1 aliphatic heterocycles. The van der Waals surface area contributed by atoms with Gasteiger partial charge in [-0.2, -0.15) is 5.10 Å². The maximum atomic E-state index is 4.28. The summed E-state index contributed by atoms with van der Waals surface area (Å²) in [7, 11) is 4.21. The Labute approximate surface area is 104 Å². The fraction of sp³-hybridized carbons (Fsp3) is 0.769. The lowest BCUT2D eigenvalue weighted by molar-refractivity contribution is 0.168. The smallest absolute Gasteiger partial charge is 0.0537 e. The molecule has 2 atom stereocenters. The Kier molecular flexibility index (Phi) is 3.84. The molecule has 2 rings (SSSR count). The second-order valence-electron chi connectivity index (χ2n) is 5.31. The van der Waals surface area contributed by atoms with Crippen LogP contribution in [0, 0.1) is 6.92 Å². The van der Waals surface area contributed by atoms with E-state index in [-0.39, 0.29) is 0 Å². The highest BCUT2D eigenvalue weighted by molar-refractivity contribution is 5.15. The summed E-state index contributed by atoms with van der Waals surface area (Å²) in [5, 5.41) is 7.94. The van der Waals surface area contributed by atoms with Crippen molar-refractivity contribution < 1.29 is 0 Å². The van der Waals surface area contributed by atoms with Crippen molar-refractivity contribution in [1.29, 1.82) is 0 Å². The average molecular weight is 236 g/mol. The summed E-state index contributed by atoms with van der Waals surface area (Å²) in [5.74, 6) is 0. The molecule has 1 aromatic heterocycles. The minimum absolute atomic E-state index is 0.654. The lowest BCUT2D eigenvalue weighted by Crippen LogP contribution is -2.45. The number of aromatic nitrogens is 2. The Bertz CT molecular complexity index is 371. The van der Waals surface area contributed by atoms with E-state index in [4.69, 9.17) is 0 Å². The SMILES string of the molecule is Cc1c(CNC2CCN(C)C(C)C2)cnn1C. The fourth-order valence-electron chi connectivity index (χ4n) is 2.45. The van der Waals surface area contributed by atoms with Gasteiger partial charge in [0.15, 0.2) is 0 Å². The first-order valence-corrected chi connectivity index (χ1v) is 6.49. The number of nitrogens with zero attached hydrogens (tertiary/aromatic N) is 3. The number of hydrogen-bond acceptors (Lipinski definition) is 3. The lowest BCUT2D eigenvalue weighted by atomic mass is 9.99. The van der Waals surface area contributed by atoms with Crippen molar-refractivity contribution in [2.75, 3.05) is 13.6 Å². The standard InChI is InChI=1S/C13H24N4/c1-10-7-13(5-6-16(10)3)14-8-12-9-15-17(4)11(12)2/h9-10,13-14H,5-8H2,1-4H3. The maximum absolute atomic E-state index is 4.28. The topological polar surface area (TPSA) is 33.1 Å². The van der Waals surface area contributed by atoms with E-state index in [9.17, 15) is 0 Å². The molecule has 0 aliphatic carbocycles. The number of piperidine rings is 1. The van der Waals surface area contributed by atoms with E-state index >= 15 is 0 Å². The van der Waals surface area contributed by atoms with Crippen LogP contribution in [0.15, 0.2) is 6.20 Å². The summed E-state index contributed by atoms with van der Waals surface area (Å²) in [4.78, 5) is 2.44. The number of likely N-dealkylation sites (tertiary alicyclic amines) is 1. The first-order valence-electron chi connectivity index (χ1n) is 6.49. The van der Waals surface area contributed by atoms with Crippen molar-refractivity contribution in [1.82, 2.24) is 20.0 Å². The third-order valence-corrected chi connectivity index (χ3v) is 4.13. The molecule has 2 unspecified atom stereocenters. The van der Waals surface area contributed by atoms with Crippen LogP contribution in [0.3, 0.4) is 0 Å². The van der Waals surface area contributed by atoms with Crippen LogP contribution in [0.5, 0.6) is 0 Å². The summed E-state index contributed by atoms with van der Waals surface area (Å²) in [6.07, 6.45) is 4.47. The summed E-state index contributed by atoms with van der Waals surface area (Å²) < 4.78 is 1.94. The molecule has 1 saturated heterocycles. The summed E-state index contributed by atoms with van der Waals surface area (Å²) in [5.41, 5.74) is 2.58. The van der Waals surface area contributed by atoms with Crippen molar-refractivity contribution >= 4 is 0 Å². The van der Waals surface area contributed by atoms with Crippen LogP contribution in [0.4, 0.5) is 0 Å². The van der Waals surface area contributed by atoms with E-state index < -0.39 is 0 Å². The Morgan fingerprint density at radius 3 is 2.82 bits per heavy atom. The van der Waals surface area contributed by atoms with Gasteiger partial charge in [-0.1, -0.05) is 0 Å². The molecule has 0 aromatic carbocycles. The van der Waals surface area contributed by atoms with Gasteiger partial charge in [-0.3, -0.25) is 4.68 Å². The highest BCUT2D eigenvalue weighted by Gasteiger charge is 2.22. The van der Waals surface area contributed by atoms with E-state index in [2.05, 4.69) is 36.2 Å². The van der Waals surface area contributed by atoms with Crippen LogP contribution in [0.1, 0.15) is 31.0 Å². The van der Waals surface area contributed by atoms with Crippen LogP contribution in [-0.4, -0.2) is 40.4 Å². The van der Waals surface area contributed by atoms with Crippen molar-refractivity contribution in [2.24, 2.45) is 7.05 Å². The quantitative estimate of drug-likeness (QED) is 0.859. The van der Waals surface area contributed by atoms with Gasteiger partial charge in [0.05, 0.1) is 6.20 Å². The van der Waals surface area contributed by atoms with Gasteiger partial charge in [-0.25, -0.2) is 0 Å². The molecule has 1 fully saturated rings. The van der Waals surface area contributed by atoms with Gasteiger partial charge >= 0.3 is 0 Å². The predicted octanol–water partition coefficient (Wildman–Crippen LogP) is 1.30. The molecular weight excluding hydrogens is 212 g/mol. The third-order valence-electron chi connectivity index (χ3n) is 4.13. The number of hydrogen-bond donors (Lipinski definition) is 1. The molecular formula is C13H24N4. The highest BCUT2D eigenvalue weighted by Crippen LogP contribution is 2.16. The van der Waals surface area contributed by atoms with Crippen molar-refractivity contribution in [2.45, 2.75) is 45.3 Å². The minimum Gasteiger partial charge on any atom is -0.310 e. The molecule has 96 valence electrons. The van der Waals surface area contributed by atoms with E-state index in [0.717, 1.165) is 6.54 Å². The molecule has 17 heavy (non-hydrogen) atoms. The molecule has 1 aromatic rings. The lowest BCUT2D eigenvalue weighted by Gasteiger charge is -2.35.